The number of hydrogen-bond acceptors (Lipinski definition) is 2. The number of anilines is 1. The molecule has 4 nitrogen and oxygen atoms in total. The van der Waals surface area contributed by atoms with Crippen LogP contribution in [0.15, 0.2) is 12.1 Å². The van der Waals surface area contributed by atoms with Gasteiger partial charge in [-0.3, -0.25) is 9.59 Å². The second kappa shape index (κ2) is 5.38. The summed E-state index contributed by atoms with van der Waals surface area (Å²) in [6.45, 7) is 3.01. The maximum atomic E-state index is 13.8. The lowest BCUT2D eigenvalue weighted by Crippen LogP contribution is -2.53. The molecule has 21 heavy (non-hydrogen) atoms. The van der Waals surface area contributed by atoms with Crippen molar-refractivity contribution in [2.75, 3.05) is 4.90 Å². The molecule has 1 fully saturated rings. The molecule has 0 aromatic heterocycles. The van der Waals surface area contributed by atoms with E-state index in [2.05, 4.69) is 0 Å². The molecule has 1 amide bonds. The van der Waals surface area contributed by atoms with Crippen LogP contribution in [0.3, 0.4) is 0 Å². The van der Waals surface area contributed by atoms with E-state index in [-0.39, 0.29) is 6.42 Å². The lowest BCUT2D eigenvalue weighted by atomic mass is 9.80. The Labute approximate surface area is 119 Å². The smallest absolute Gasteiger partial charge is 0.308 e. The van der Waals surface area contributed by atoms with Crippen LogP contribution in [0.5, 0.6) is 0 Å². The van der Waals surface area contributed by atoms with Crippen LogP contribution in [0, 0.1) is 29.3 Å². The fraction of sp³-hybridized carbons (Fsp3) is 0.429. The highest BCUT2D eigenvalue weighted by Crippen LogP contribution is 2.36. The Balaban J connectivity index is 2.52. The van der Waals surface area contributed by atoms with Gasteiger partial charge in [-0.2, -0.15) is 0 Å². The molecule has 1 N–H and O–H groups in total. The summed E-state index contributed by atoms with van der Waals surface area (Å²) in [6, 6.07) is -0.00783. The van der Waals surface area contributed by atoms with Gasteiger partial charge in [0.25, 0.3) is 0 Å². The molecule has 0 spiro atoms. The van der Waals surface area contributed by atoms with Crippen molar-refractivity contribution < 1.29 is 27.9 Å². The Kier molecular flexibility index (Phi) is 3.93. The van der Waals surface area contributed by atoms with Gasteiger partial charge in [-0.15, -0.1) is 0 Å². The van der Waals surface area contributed by atoms with Crippen LogP contribution in [0.25, 0.3) is 0 Å². The van der Waals surface area contributed by atoms with Gasteiger partial charge in [-0.1, -0.05) is 6.92 Å². The third-order valence-electron chi connectivity index (χ3n) is 3.81. The Morgan fingerprint density at radius 1 is 1.24 bits per heavy atom. The molecule has 3 unspecified atom stereocenters. The summed E-state index contributed by atoms with van der Waals surface area (Å²) in [6.07, 6.45) is -0.141. The molecular formula is C14H14F3NO3. The SMILES string of the molecule is CC1CC(=O)N(c2c(F)cc(F)cc2F)C(C)C1C(=O)O. The number of piperidine rings is 1. The maximum absolute atomic E-state index is 13.8. The number of halogens is 3. The first kappa shape index (κ1) is 15.3. The summed E-state index contributed by atoms with van der Waals surface area (Å²) in [5.74, 6) is -6.70. The molecule has 1 heterocycles. The first-order valence-electron chi connectivity index (χ1n) is 6.43. The molecule has 3 atom stereocenters. The van der Waals surface area contributed by atoms with Gasteiger partial charge >= 0.3 is 5.97 Å². The van der Waals surface area contributed by atoms with Gasteiger partial charge in [-0.05, 0) is 12.8 Å². The molecule has 114 valence electrons. The standard InChI is InChI=1S/C14H14F3NO3/c1-6-3-11(19)18(7(2)12(6)14(20)21)13-9(16)4-8(15)5-10(13)17/h4-7,12H,3H2,1-2H3,(H,20,21). The average molecular weight is 301 g/mol. The number of nitrogens with zero attached hydrogens (tertiary/aromatic N) is 1. The zero-order chi connectivity index (χ0) is 15.9. The number of amides is 1. The molecule has 0 bridgehead atoms. The summed E-state index contributed by atoms with van der Waals surface area (Å²) in [5, 5.41) is 9.23. The number of hydrogen-bond donors (Lipinski definition) is 1. The highest BCUT2D eigenvalue weighted by molar-refractivity contribution is 5.97. The predicted octanol–water partition coefficient (Wildman–Crippen LogP) is 2.57. The fourth-order valence-corrected chi connectivity index (χ4v) is 2.91. The van der Waals surface area contributed by atoms with Crippen LogP contribution in [0.2, 0.25) is 0 Å². The minimum Gasteiger partial charge on any atom is -0.481 e. The number of carbonyl (C=O) groups is 2. The lowest BCUT2D eigenvalue weighted by Gasteiger charge is -2.40. The minimum absolute atomic E-state index is 0.141. The van der Waals surface area contributed by atoms with Crippen molar-refractivity contribution in [1.29, 1.82) is 0 Å². The van der Waals surface area contributed by atoms with Gasteiger partial charge < -0.3 is 10.0 Å². The summed E-state index contributed by atoms with van der Waals surface area (Å²) in [5.41, 5.74) is -0.702. The van der Waals surface area contributed by atoms with Crippen LogP contribution >= 0.6 is 0 Å². The highest BCUT2D eigenvalue weighted by Gasteiger charge is 2.44. The van der Waals surface area contributed by atoms with E-state index in [9.17, 15) is 27.9 Å². The van der Waals surface area contributed by atoms with E-state index in [0.717, 1.165) is 4.90 Å². The average Bonchev–Trinajstić information content (AvgIpc) is 2.30. The second-order valence-corrected chi connectivity index (χ2v) is 5.27. The molecule has 1 aromatic carbocycles. The molecule has 1 saturated heterocycles. The Bertz CT molecular complexity index is 582. The third-order valence-corrected chi connectivity index (χ3v) is 3.81. The summed E-state index contributed by atoms with van der Waals surface area (Å²) < 4.78 is 40.7. The minimum atomic E-state index is -1.23. The van der Waals surface area contributed by atoms with Crippen LogP contribution in [0.1, 0.15) is 20.3 Å². The largest absolute Gasteiger partial charge is 0.481 e. The molecule has 0 radical (unpaired) electrons. The summed E-state index contributed by atoms with van der Waals surface area (Å²) >= 11 is 0. The van der Waals surface area contributed by atoms with Crippen molar-refractivity contribution in [1.82, 2.24) is 0 Å². The van der Waals surface area contributed by atoms with Gasteiger partial charge in [0, 0.05) is 24.6 Å². The van der Waals surface area contributed by atoms with Crippen LogP contribution < -0.4 is 4.90 Å². The second-order valence-electron chi connectivity index (χ2n) is 5.27. The Hall–Kier alpha value is -2.05. The van der Waals surface area contributed by atoms with Crippen LogP contribution in [-0.4, -0.2) is 23.0 Å². The number of carbonyl (C=O) groups excluding carboxylic acids is 1. The fourth-order valence-electron chi connectivity index (χ4n) is 2.91. The zero-order valence-electron chi connectivity index (χ0n) is 11.4. The molecule has 2 rings (SSSR count). The van der Waals surface area contributed by atoms with Crippen molar-refractivity contribution in [3.8, 4) is 0 Å². The van der Waals surface area contributed by atoms with E-state index in [1.807, 2.05) is 0 Å². The normalized spacial score (nSPS) is 26.0. The third kappa shape index (κ3) is 2.59. The number of carboxylic acid groups (broad SMARTS) is 1. The van der Waals surface area contributed by atoms with E-state index in [1.165, 1.54) is 6.92 Å². The van der Waals surface area contributed by atoms with E-state index >= 15 is 0 Å². The molecule has 1 aliphatic heterocycles. The molecule has 0 saturated carbocycles. The predicted molar refractivity (Wildman–Crippen MR) is 68.2 cm³/mol. The molecule has 1 aromatic rings. The van der Waals surface area contributed by atoms with Crippen molar-refractivity contribution >= 4 is 17.6 Å². The highest BCUT2D eigenvalue weighted by atomic mass is 19.1. The van der Waals surface area contributed by atoms with E-state index in [0.29, 0.717) is 12.1 Å². The van der Waals surface area contributed by atoms with Crippen molar-refractivity contribution in [2.45, 2.75) is 26.3 Å². The quantitative estimate of drug-likeness (QED) is 0.913. The topological polar surface area (TPSA) is 57.6 Å². The van der Waals surface area contributed by atoms with Gasteiger partial charge in [0.15, 0.2) is 11.6 Å². The van der Waals surface area contributed by atoms with E-state index < -0.39 is 52.9 Å². The van der Waals surface area contributed by atoms with Crippen molar-refractivity contribution in [3.63, 3.8) is 0 Å². The van der Waals surface area contributed by atoms with Gasteiger partial charge in [-0.25, -0.2) is 13.2 Å². The van der Waals surface area contributed by atoms with E-state index in [4.69, 9.17) is 0 Å². The first-order valence-corrected chi connectivity index (χ1v) is 6.43. The van der Waals surface area contributed by atoms with Crippen LogP contribution in [-0.2, 0) is 9.59 Å². The summed E-state index contributed by atoms with van der Waals surface area (Å²) in [7, 11) is 0. The zero-order valence-corrected chi connectivity index (χ0v) is 11.4. The molecular weight excluding hydrogens is 287 g/mol. The molecule has 7 heteroatoms. The Morgan fingerprint density at radius 2 is 1.76 bits per heavy atom. The number of carboxylic acids is 1. The van der Waals surface area contributed by atoms with E-state index in [1.54, 1.807) is 6.92 Å². The molecule has 1 aliphatic rings. The maximum Gasteiger partial charge on any atom is 0.308 e. The summed E-state index contributed by atoms with van der Waals surface area (Å²) in [4.78, 5) is 24.2. The lowest BCUT2D eigenvalue weighted by molar-refractivity contribution is -0.146. The Morgan fingerprint density at radius 3 is 2.24 bits per heavy atom. The molecule has 0 aliphatic carbocycles. The number of benzene rings is 1. The van der Waals surface area contributed by atoms with Gasteiger partial charge in [0.2, 0.25) is 5.91 Å². The van der Waals surface area contributed by atoms with Crippen LogP contribution in [0.4, 0.5) is 18.9 Å². The first-order chi connectivity index (χ1) is 9.73. The number of aliphatic carboxylic acids is 1. The van der Waals surface area contributed by atoms with Gasteiger partial charge in [0.05, 0.1) is 5.92 Å². The van der Waals surface area contributed by atoms with Crippen molar-refractivity contribution in [3.05, 3.63) is 29.6 Å². The van der Waals surface area contributed by atoms with Crippen molar-refractivity contribution in [2.24, 2.45) is 11.8 Å². The monoisotopic (exact) mass is 301 g/mol. The number of rotatable bonds is 2. The van der Waals surface area contributed by atoms with Gasteiger partial charge in [0.1, 0.15) is 11.5 Å².